The molecular weight excluding hydrogens is 226 g/mol. The van der Waals surface area contributed by atoms with Crippen LogP contribution in [0.15, 0.2) is 18.2 Å². The molecule has 1 aromatic carbocycles. The smallest absolute Gasteiger partial charge is 0.127 e. The van der Waals surface area contributed by atoms with E-state index < -0.39 is 0 Å². The van der Waals surface area contributed by atoms with Crippen molar-refractivity contribution >= 4 is 0 Å². The number of hydrogen-bond acceptors (Lipinski definition) is 3. The molecule has 2 aliphatic rings. The molecule has 18 heavy (non-hydrogen) atoms. The lowest BCUT2D eigenvalue weighted by Crippen LogP contribution is -2.23. The molecule has 1 aliphatic carbocycles. The molecule has 0 saturated heterocycles. The summed E-state index contributed by atoms with van der Waals surface area (Å²) in [6.07, 6.45) is 5.25. The largest absolute Gasteiger partial charge is 0.491 e. The number of rotatable bonds is 2. The van der Waals surface area contributed by atoms with Gasteiger partial charge in [0.1, 0.15) is 18.1 Å². The highest BCUT2D eigenvalue weighted by Crippen LogP contribution is 2.35. The van der Waals surface area contributed by atoms with Gasteiger partial charge in [-0.1, -0.05) is 6.92 Å². The van der Waals surface area contributed by atoms with E-state index >= 15 is 0 Å². The molecule has 0 bridgehead atoms. The van der Waals surface area contributed by atoms with Gasteiger partial charge in [0.25, 0.3) is 0 Å². The zero-order valence-corrected chi connectivity index (χ0v) is 10.9. The van der Waals surface area contributed by atoms with E-state index in [2.05, 4.69) is 6.92 Å². The lowest BCUT2D eigenvalue weighted by Gasteiger charge is -2.27. The first-order valence-corrected chi connectivity index (χ1v) is 6.91. The van der Waals surface area contributed by atoms with Crippen LogP contribution in [0.25, 0.3) is 0 Å². The lowest BCUT2D eigenvalue weighted by atomic mass is 9.89. The highest BCUT2D eigenvalue weighted by molar-refractivity contribution is 5.44. The van der Waals surface area contributed by atoms with Gasteiger partial charge in [-0.15, -0.1) is 0 Å². The highest BCUT2D eigenvalue weighted by Gasteiger charge is 2.23. The van der Waals surface area contributed by atoms with E-state index in [0.29, 0.717) is 12.7 Å². The molecule has 1 atom stereocenters. The van der Waals surface area contributed by atoms with Gasteiger partial charge in [-0.2, -0.15) is 0 Å². The predicted molar refractivity (Wildman–Crippen MR) is 70.9 cm³/mol. The second-order valence-corrected chi connectivity index (χ2v) is 5.62. The predicted octanol–water partition coefficient (Wildman–Crippen LogP) is 3.04. The molecule has 1 heterocycles. The molecule has 98 valence electrons. The van der Waals surface area contributed by atoms with Crippen LogP contribution in [0, 0.1) is 5.92 Å². The number of hydrogen-bond donors (Lipinski definition) is 1. The van der Waals surface area contributed by atoms with E-state index in [-0.39, 0.29) is 6.04 Å². The average molecular weight is 247 g/mol. The van der Waals surface area contributed by atoms with Crippen LogP contribution in [0.2, 0.25) is 0 Å². The summed E-state index contributed by atoms with van der Waals surface area (Å²) in [5.41, 5.74) is 7.03. The Morgan fingerprint density at radius 3 is 2.78 bits per heavy atom. The van der Waals surface area contributed by atoms with Crippen LogP contribution < -0.4 is 15.2 Å². The third kappa shape index (κ3) is 2.32. The standard InChI is InChI=1S/C15H21NO2/c1-10-2-4-11(5-3-10)18-12-6-7-13-14(16)9-17-15(13)8-12/h6-8,10-11,14H,2-5,9,16H2,1H3. The van der Waals surface area contributed by atoms with Gasteiger partial charge in [0.15, 0.2) is 0 Å². The monoisotopic (exact) mass is 247 g/mol. The molecule has 2 N–H and O–H groups in total. The number of benzene rings is 1. The Balaban J connectivity index is 1.67. The maximum Gasteiger partial charge on any atom is 0.127 e. The fourth-order valence-corrected chi connectivity index (χ4v) is 2.83. The minimum atomic E-state index is 0.0181. The summed E-state index contributed by atoms with van der Waals surface area (Å²) >= 11 is 0. The van der Waals surface area contributed by atoms with Crippen LogP contribution in [-0.2, 0) is 0 Å². The Morgan fingerprint density at radius 1 is 1.22 bits per heavy atom. The SMILES string of the molecule is CC1CCC(Oc2ccc3c(c2)OCC3N)CC1. The van der Waals surface area contributed by atoms with E-state index in [1.54, 1.807) is 0 Å². The topological polar surface area (TPSA) is 44.5 Å². The maximum absolute atomic E-state index is 6.04. The molecule has 0 aromatic heterocycles. The summed E-state index contributed by atoms with van der Waals surface area (Å²) in [6.45, 7) is 2.90. The Labute approximate surface area is 108 Å². The Hall–Kier alpha value is -1.22. The molecule has 3 heteroatoms. The fraction of sp³-hybridized carbons (Fsp3) is 0.600. The van der Waals surface area contributed by atoms with Gasteiger partial charge in [-0.3, -0.25) is 0 Å². The first-order chi connectivity index (χ1) is 8.72. The van der Waals surface area contributed by atoms with Crippen LogP contribution in [0.4, 0.5) is 0 Å². The Kier molecular flexibility index (Phi) is 3.16. The minimum absolute atomic E-state index is 0.0181. The molecule has 1 unspecified atom stereocenters. The van der Waals surface area contributed by atoms with Gasteiger partial charge in [0.2, 0.25) is 0 Å². The third-order valence-electron chi connectivity index (χ3n) is 4.07. The normalized spacial score (nSPS) is 30.7. The molecular formula is C15H21NO2. The van der Waals surface area contributed by atoms with Crippen LogP contribution in [0.1, 0.15) is 44.2 Å². The van der Waals surface area contributed by atoms with Gasteiger partial charge in [0.05, 0.1) is 12.1 Å². The molecule has 0 spiro atoms. The second-order valence-electron chi connectivity index (χ2n) is 5.62. The van der Waals surface area contributed by atoms with Crippen LogP contribution in [0.5, 0.6) is 11.5 Å². The van der Waals surface area contributed by atoms with Crippen molar-refractivity contribution in [1.82, 2.24) is 0 Å². The van der Waals surface area contributed by atoms with E-state index in [4.69, 9.17) is 15.2 Å². The maximum atomic E-state index is 6.04. The summed E-state index contributed by atoms with van der Waals surface area (Å²) in [4.78, 5) is 0. The Morgan fingerprint density at radius 2 is 2.00 bits per heavy atom. The summed E-state index contributed by atoms with van der Waals surface area (Å²) in [6, 6.07) is 6.06. The van der Waals surface area contributed by atoms with Crippen molar-refractivity contribution in [3.8, 4) is 11.5 Å². The molecule has 1 aromatic rings. The van der Waals surface area contributed by atoms with Gasteiger partial charge >= 0.3 is 0 Å². The van der Waals surface area contributed by atoms with Crippen molar-refractivity contribution in [3.63, 3.8) is 0 Å². The van der Waals surface area contributed by atoms with Crippen molar-refractivity contribution in [2.75, 3.05) is 6.61 Å². The lowest BCUT2D eigenvalue weighted by molar-refractivity contribution is 0.135. The number of fused-ring (bicyclic) bond motifs is 1. The molecule has 0 radical (unpaired) electrons. The second kappa shape index (κ2) is 4.81. The van der Waals surface area contributed by atoms with Crippen LogP contribution in [-0.4, -0.2) is 12.7 Å². The zero-order chi connectivity index (χ0) is 12.5. The molecule has 1 fully saturated rings. The van der Waals surface area contributed by atoms with Crippen molar-refractivity contribution in [2.45, 2.75) is 44.8 Å². The summed E-state index contributed by atoms with van der Waals surface area (Å²) < 4.78 is 11.6. The van der Waals surface area contributed by atoms with Gasteiger partial charge in [-0.05, 0) is 43.7 Å². The van der Waals surface area contributed by atoms with Crippen molar-refractivity contribution in [3.05, 3.63) is 23.8 Å². The third-order valence-corrected chi connectivity index (χ3v) is 4.07. The Bertz CT molecular complexity index is 425. The first kappa shape index (κ1) is 11.8. The summed E-state index contributed by atoms with van der Waals surface area (Å²) in [7, 11) is 0. The van der Waals surface area contributed by atoms with Crippen LogP contribution >= 0.6 is 0 Å². The summed E-state index contributed by atoms with van der Waals surface area (Å²) in [5.74, 6) is 2.66. The zero-order valence-electron chi connectivity index (χ0n) is 10.9. The van der Waals surface area contributed by atoms with Gasteiger partial charge in [0, 0.05) is 11.6 Å². The number of nitrogens with two attached hydrogens (primary N) is 1. The molecule has 0 amide bonds. The van der Waals surface area contributed by atoms with E-state index in [1.807, 2.05) is 18.2 Å². The minimum Gasteiger partial charge on any atom is -0.491 e. The van der Waals surface area contributed by atoms with E-state index in [9.17, 15) is 0 Å². The summed E-state index contributed by atoms with van der Waals surface area (Å²) in [5, 5.41) is 0. The molecule has 1 saturated carbocycles. The van der Waals surface area contributed by atoms with Gasteiger partial charge in [-0.25, -0.2) is 0 Å². The first-order valence-electron chi connectivity index (χ1n) is 6.91. The fourth-order valence-electron chi connectivity index (χ4n) is 2.83. The van der Waals surface area contributed by atoms with Crippen molar-refractivity contribution in [2.24, 2.45) is 11.7 Å². The van der Waals surface area contributed by atoms with E-state index in [0.717, 1.165) is 23.0 Å². The average Bonchev–Trinajstić information content (AvgIpc) is 2.74. The number of ether oxygens (including phenoxy) is 2. The molecule has 3 nitrogen and oxygen atoms in total. The van der Waals surface area contributed by atoms with Crippen molar-refractivity contribution in [1.29, 1.82) is 0 Å². The molecule has 3 rings (SSSR count). The van der Waals surface area contributed by atoms with Crippen LogP contribution in [0.3, 0.4) is 0 Å². The molecule has 1 aliphatic heterocycles. The highest BCUT2D eigenvalue weighted by atomic mass is 16.5. The van der Waals surface area contributed by atoms with Crippen molar-refractivity contribution < 1.29 is 9.47 Å². The van der Waals surface area contributed by atoms with E-state index in [1.165, 1.54) is 25.7 Å². The van der Waals surface area contributed by atoms with Gasteiger partial charge < -0.3 is 15.2 Å². The quantitative estimate of drug-likeness (QED) is 0.873.